The predicted molar refractivity (Wildman–Crippen MR) is 85.8 cm³/mol. The highest BCUT2D eigenvalue weighted by Gasteiger charge is 2.09. The minimum atomic E-state index is -0.574. The highest BCUT2D eigenvalue weighted by molar-refractivity contribution is 6.30. The lowest BCUT2D eigenvalue weighted by molar-refractivity contribution is 0.104. The van der Waals surface area contributed by atoms with E-state index >= 15 is 0 Å². The Labute approximate surface area is 130 Å². The van der Waals surface area contributed by atoms with Gasteiger partial charge < -0.3 is 15.2 Å². The van der Waals surface area contributed by atoms with E-state index in [9.17, 15) is 5.11 Å². The number of hydrogen-bond acceptors (Lipinski definition) is 3. The first kappa shape index (κ1) is 15.8. The van der Waals surface area contributed by atoms with E-state index in [-0.39, 0.29) is 12.6 Å². The first-order chi connectivity index (χ1) is 10.1. The zero-order chi connectivity index (χ0) is 15.1. The Kier molecular flexibility index (Phi) is 6.05. The fraction of sp³-hybridized carbons (Fsp3) is 0.294. The fourth-order valence-corrected chi connectivity index (χ4v) is 2.16. The Bertz CT molecular complexity index is 547. The Morgan fingerprint density at radius 1 is 1.14 bits per heavy atom. The van der Waals surface area contributed by atoms with Crippen molar-refractivity contribution in [2.45, 2.75) is 19.1 Å². The van der Waals surface area contributed by atoms with Gasteiger partial charge in [0.05, 0.1) is 0 Å². The SMILES string of the molecule is CC(NCC(O)COc1cccc(Cl)c1)c1ccccc1. The maximum absolute atomic E-state index is 9.96. The average molecular weight is 306 g/mol. The van der Waals surface area contributed by atoms with Crippen LogP contribution in [0.1, 0.15) is 18.5 Å². The largest absolute Gasteiger partial charge is 0.491 e. The van der Waals surface area contributed by atoms with Gasteiger partial charge in [-0.05, 0) is 30.7 Å². The number of aliphatic hydroxyl groups excluding tert-OH is 1. The van der Waals surface area contributed by atoms with Gasteiger partial charge in [-0.3, -0.25) is 0 Å². The first-order valence-electron chi connectivity index (χ1n) is 7.00. The summed E-state index contributed by atoms with van der Waals surface area (Å²) in [6.07, 6.45) is -0.574. The van der Waals surface area contributed by atoms with Crippen LogP contribution in [0, 0.1) is 0 Å². The summed E-state index contributed by atoms with van der Waals surface area (Å²) < 4.78 is 5.51. The summed E-state index contributed by atoms with van der Waals surface area (Å²) in [6, 6.07) is 17.5. The molecule has 2 aromatic carbocycles. The molecule has 112 valence electrons. The molecule has 2 rings (SSSR count). The Morgan fingerprint density at radius 2 is 1.90 bits per heavy atom. The molecule has 0 saturated heterocycles. The lowest BCUT2D eigenvalue weighted by Crippen LogP contribution is -2.33. The monoisotopic (exact) mass is 305 g/mol. The van der Waals surface area contributed by atoms with E-state index in [2.05, 4.69) is 24.4 Å². The van der Waals surface area contributed by atoms with Crippen molar-refractivity contribution in [1.29, 1.82) is 0 Å². The summed E-state index contributed by atoms with van der Waals surface area (Å²) in [4.78, 5) is 0. The molecule has 4 heteroatoms. The van der Waals surface area contributed by atoms with Crippen molar-refractivity contribution in [1.82, 2.24) is 5.32 Å². The predicted octanol–water partition coefficient (Wildman–Crippen LogP) is 3.43. The maximum Gasteiger partial charge on any atom is 0.120 e. The third-order valence-corrected chi connectivity index (χ3v) is 3.43. The molecule has 0 fully saturated rings. The van der Waals surface area contributed by atoms with Crippen LogP contribution in [0.5, 0.6) is 5.75 Å². The van der Waals surface area contributed by atoms with Crippen molar-refractivity contribution < 1.29 is 9.84 Å². The van der Waals surface area contributed by atoms with Crippen LogP contribution in [-0.2, 0) is 0 Å². The average Bonchev–Trinajstić information content (AvgIpc) is 2.51. The van der Waals surface area contributed by atoms with Crippen molar-refractivity contribution in [2.24, 2.45) is 0 Å². The van der Waals surface area contributed by atoms with Crippen LogP contribution < -0.4 is 10.1 Å². The molecule has 0 radical (unpaired) electrons. The minimum absolute atomic E-state index is 0.187. The van der Waals surface area contributed by atoms with Gasteiger partial charge in [0, 0.05) is 17.6 Å². The lowest BCUT2D eigenvalue weighted by atomic mass is 10.1. The van der Waals surface area contributed by atoms with E-state index in [0.29, 0.717) is 17.3 Å². The van der Waals surface area contributed by atoms with Crippen LogP contribution in [-0.4, -0.2) is 24.4 Å². The van der Waals surface area contributed by atoms with Gasteiger partial charge in [-0.2, -0.15) is 0 Å². The maximum atomic E-state index is 9.96. The highest BCUT2D eigenvalue weighted by atomic mass is 35.5. The summed E-state index contributed by atoms with van der Waals surface area (Å²) in [7, 11) is 0. The number of aliphatic hydroxyl groups is 1. The molecule has 2 N–H and O–H groups in total. The second-order valence-corrected chi connectivity index (χ2v) is 5.40. The van der Waals surface area contributed by atoms with Crippen molar-refractivity contribution in [3.63, 3.8) is 0 Å². The molecule has 2 atom stereocenters. The zero-order valence-electron chi connectivity index (χ0n) is 12.0. The molecule has 0 aliphatic carbocycles. The number of ether oxygens (including phenoxy) is 1. The van der Waals surface area contributed by atoms with Gasteiger partial charge >= 0.3 is 0 Å². The van der Waals surface area contributed by atoms with Crippen molar-refractivity contribution in [3.05, 3.63) is 65.2 Å². The number of halogens is 1. The normalized spacial score (nSPS) is 13.7. The zero-order valence-corrected chi connectivity index (χ0v) is 12.8. The Hall–Kier alpha value is -1.55. The van der Waals surface area contributed by atoms with Crippen LogP contribution in [0.15, 0.2) is 54.6 Å². The van der Waals surface area contributed by atoms with Crippen LogP contribution in [0.2, 0.25) is 5.02 Å². The van der Waals surface area contributed by atoms with Gasteiger partial charge in [-0.15, -0.1) is 0 Å². The lowest BCUT2D eigenvalue weighted by Gasteiger charge is -2.18. The van der Waals surface area contributed by atoms with Gasteiger partial charge in [0.25, 0.3) is 0 Å². The van der Waals surface area contributed by atoms with E-state index in [1.807, 2.05) is 30.3 Å². The molecule has 2 unspecified atom stereocenters. The van der Waals surface area contributed by atoms with Crippen LogP contribution in [0.25, 0.3) is 0 Å². The third-order valence-electron chi connectivity index (χ3n) is 3.20. The van der Waals surface area contributed by atoms with Gasteiger partial charge in [0.2, 0.25) is 0 Å². The second kappa shape index (κ2) is 8.03. The highest BCUT2D eigenvalue weighted by Crippen LogP contribution is 2.17. The molecule has 0 saturated carbocycles. The van der Waals surface area contributed by atoms with E-state index in [1.165, 1.54) is 5.56 Å². The molecule has 2 aromatic rings. The molecule has 3 nitrogen and oxygen atoms in total. The van der Waals surface area contributed by atoms with Crippen molar-refractivity contribution >= 4 is 11.6 Å². The van der Waals surface area contributed by atoms with E-state index in [1.54, 1.807) is 12.1 Å². The number of benzene rings is 2. The molecule has 0 amide bonds. The minimum Gasteiger partial charge on any atom is -0.491 e. The molecular weight excluding hydrogens is 286 g/mol. The van der Waals surface area contributed by atoms with Crippen LogP contribution >= 0.6 is 11.6 Å². The summed E-state index contributed by atoms with van der Waals surface area (Å²) in [5.41, 5.74) is 1.19. The summed E-state index contributed by atoms with van der Waals surface area (Å²) in [5.74, 6) is 0.664. The summed E-state index contributed by atoms with van der Waals surface area (Å²) in [5, 5.41) is 13.9. The van der Waals surface area contributed by atoms with Gasteiger partial charge in [0.15, 0.2) is 0 Å². The molecule has 0 bridgehead atoms. The molecule has 0 aromatic heterocycles. The van der Waals surface area contributed by atoms with Crippen LogP contribution in [0.3, 0.4) is 0 Å². The van der Waals surface area contributed by atoms with E-state index < -0.39 is 6.10 Å². The van der Waals surface area contributed by atoms with Crippen LogP contribution in [0.4, 0.5) is 0 Å². The van der Waals surface area contributed by atoms with Gasteiger partial charge in [-0.25, -0.2) is 0 Å². The molecule has 0 spiro atoms. The molecular formula is C17H20ClNO2. The second-order valence-electron chi connectivity index (χ2n) is 4.96. The fourth-order valence-electron chi connectivity index (χ4n) is 1.98. The number of nitrogens with one attached hydrogen (secondary N) is 1. The molecule has 0 aliphatic rings. The first-order valence-corrected chi connectivity index (χ1v) is 7.37. The standard InChI is InChI=1S/C17H20ClNO2/c1-13(14-6-3-2-4-7-14)19-11-16(20)12-21-17-9-5-8-15(18)10-17/h2-10,13,16,19-20H,11-12H2,1H3. The molecule has 0 heterocycles. The number of hydrogen-bond donors (Lipinski definition) is 2. The smallest absolute Gasteiger partial charge is 0.120 e. The summed E-state index contributed by atoms with van der Waals surface area (Å²) in [6.45, 7) is 2.77. The van der Waals surface area contributed by atoms with Crippen molar-refractivity contribution in [2.75, 3.05) is 13.2 Å². The third kappa shape index (κ3) is 5.38. The van der Waals surface area contributed by atoms with E-state index in [0.717, 1.165) is 0 Å². The topological polar surface area (TPSA) is 41.5 Å². The van der Waals surface area contributed by atoms with Gasteiger partial charge in [0.1, 0.15) is 18.5 Å². The quantitative estimate of drug-likeness (QED) is 0.823. The number of rotatable bonds is 7. The Morgan fingerprint density at radius 3 is 2.62 bits per heavy atom. The van der Waals surface area contributed by atoms with E-state index in [4.69, 9.17) is 16.3 Å². The Balaban J connectivity index is 1.73. The van der Waals surface area contributed by atoms with Gasteiger partial charge in [-0.1, -0.05) is 48.0 Å². The van der Waals surface area contributed by atoms with Crippen molar-refractivity contribution in [3.8, 4) is 5.75 Å². The molecule has 21 heavy (non-hydrogen) atoms. The summed E-state index contributed by atoms with van der Waals surface area (Å²) >= 11 is 5.88. The molecule has 0 aliphatic heterocycles.